The van der Waals surface area contributed by atoms with E-state index < -0.39 is 0 Å². The summed E-state index contributed by atoms with van der Waals surface area (Å²) >= 11 is 3.37. The minimum atomic E-state index is -0.213. The van der Waals surface area contributed by atoms with E-state index in [1.165, 1.54) is 6.07 Å². The van der Waals surface area contributed by atoms with Crippen LogP contribution in [-0.2, 0) is 0 Å². The van der Waals surface area contributed by atoms with Crippen LogP contribution in [0.2, 0.25) is 0 Å². The molecule has 0 saturated carbocycles. The minimum Gasteiger partial charge on any atom is -0.379 e. The Labute approximate surface area is 116 Å². The van der Waals surface area contributed by atoms with E-state index in [1.54, 1.807) is 6.07 Å². The smallest absolute Gasteiger partial charge is 0.147 e. The fourth-order valence-electron chi connectivity index (χ4n) is 2.20. The first kappa shape index (κ1) is 13.4. The van der Waals surface area contributed by atoms with Gasteiger partial charge in [0.05, 0.1) is 12.2 Å². The number of likely N-dealkylation sites (tertiary alicyclic amines) is 1. The number of para-hydroxylation sites is 1. The Bertz CT molecular complexity index is 427. The van der Waals surface area contributed by atoms with E-state index >= 15 is 0 Å². The fourth-order valence-corrected chi connectivity index (χ4v) is 2.66. The second-order valence-corrected chi connectivity index (χ2v) is 5.35. The van der Waals surface area contributed by atoms with Crippen molar-refractivity contribution in [3.05, 3.63) is 28.5 Å². The fraction of sp³-hybridized carbons (Fsp3) is 0.429. The SMILES string of the molecule is C#CCN1CCC(Nc2c(F)cccc2Br)CC1. The molecule has 1 saturated heterocycles. The van der Waals surface area contributed by atoms with Gasteiger partial charge >= 0.3 is 0 Å². The molecule has 96 valence electrons. The van der Waals surface area contributed by atoms with Crippen molar-refractivity contribution in [1.29, 1.82) is 0 Å². The van der Waals surface area contributed by atoms with Crippen LogP contribution in [0.3, 0.4) is 0 Å². The molecule has 0 unspecified atom stereocenters. The molecule has 0 atom stereocenters. The second-order valence-electron chi connectivity index (χ2n) is 4.50. The number of terminal acetylenes is 1. The Balaban J connectivity index is 1.94. The average Bonchev–Trinajstić information content (AvgIpc) is 2.36. The number of nitrogens with one attached hydrogen (secondary N) is 1. The molecule has 4 heteroatoms. The summed E-state index contributed by atoms with van der Waals surface area (Å²) in [4.78, 5) is 2.24. The van der Waals surface area contributed by atoms with Gasteiger partial charge < -0.3 is 5.32 Å². The normalized spacial score (nSPS) is 17.4. The lowest BCUT2D eigenvalue weighted by Gasteiger charge is -2.31. The van der Waals surface area contributed by atoms with E-state index in [4.69, 9.17) is 6.42 Å². The zero-order chi connectivity index (χ0) is 13.0. The number of rotatable bonds is 3. The van der Waals surface area contributed by atoms with Crippen molar-refractivity contribution in [2.45, 2.75) is 18.9 Å². The van der Waals surface area contributed by atoms with Crippen LogP contribution in [0, 0.1) is 18.2 Å². The van der Waals surface area contributed by atoms with Crippen molar-refractivity contribution in [1.82, 2.24) is 4.90 Å². The van der Waals surface area contributed by atoms with Crippen molar-refractivity contribution in [2.75, 3.05) is 25.0 Å². The highest BCUT2D eigenvalue weighted by atomic mass is 79.9. The highest BCUT2D eigenvalue weighted by molar-refractivity contribution is 9.10. The van der Waals surface area contributed by atoms with Crippen molar-refractivity contribution in [3.63, 3.8) is 0 Å². The molecule has 0 aliphatic carbocycles. The molecule has 1 heterocycles. The quantitative estimate of drug-likeness (QED) is 0.863. The van der Waals surface area contributed by atoms with E-state index in [0.717, 1.165) is 30.4 Å². The van der Waals surface area contributed by atoms with Crippen LogP contribution in [0.4, 0.5) is 10.1 Å². The highest BCUT2D eigenvalue weighted by Gasteiger charge is 2.19. The number of anilines is 1. The Kier molecular flexibility index (Phi) is 4.62. The van der Waals surface area contributed by atoms with Crippen molar-refractivity contribution < 1.29 is 4.39 Å². The van der Waals surface area contributed by atoms with E-state index in [9.17, 15) is 4.39 Å². The Morgan fingerprint density at radius 3 is 2.78 bits per heavy atom. The average molecular weight is 311 g/mol. The zero-order valence-corrected chi connectivity index (χ0v) is 11.7. The molecule has 0 bridgehead atoms. The van der Waals surface area contributed by atoms with Gasteiger partial charge in [-0.25, -0.2) is 4.39 Å². The van der Waals surface area contributed by atoms with Gasteiger partial charge in [0.2, 0.25) is 0 Å². The molecule has 1 aliphatic heterocycles. The minimum absolute atomic E-state index is 0.213. The number of halogens is 2. The molecule has 0 amide bonds. The van der Waals surface area contributed by atoms with Crippen molar-refractivity contribution >= 4 is 21.6 Å². The summed E-state index contributed by atoms with van der Waals surface area (Å²) in [6.07, 6.45) is 7.27. The lowest BCUT2D eigenvalue weighted by atomic mass is 10.0. The molecule has 1 aromatic carbocycles. The monoisotopic (exact) mass is 310 g/mol. The first-order valence-corrected chi connectivity index (χ1v) is 6.86. The molecule has 1 N–H and O–H groups in total. The maximum Gasteiger partial charge on any atom is 0.147 e. The van der Waals surface area contributed by atoms with Crippen LogP contribution < -0.4 is 5.32 Å². The molecular formula is C14H16BrFN2. The summed E-state index contributed by atoms with van der Waals surface area (Å²) in [6, 6.07) is 5.33. The lowest BCUT2D eigenvalue weighted by molar-refractivity contribution is 0.243. The van der Waals surface area contributed by atoms with Crippen LogP contribution in [0.15, 0.2) is 22.7 Å². The Morgan fingerprint density at radius 2 is 2.17 bits per heavy atom. The Hall–Kier alpha value is -1.05. The maximum atomic E-state index is 13.7. The lowest BCUT2D eigenvalue weighted by Crippen LogP contribution is -2.39. The first-order valence-electron chi connectivity index (χ1n) is 6.07. The van der Waals surface area contributed by atoms with E-state index in [-0.39, 0.29) is 5.82 Å². The van der Waals surface area contributed by atoms with Crippen molar-refractivity contribution in [3.8, 4) is 12.3 Å². The first-order chi connectivity index (χ1) is 8.70. The van der Waals surface area contributed by atoms with Gasteiger partial charge in [0.25, 0.3) is 0 Å². The Morgan fingerprint density at radius 1 is 1.44 bits per heavy atom. The largest absolute Gasteiger partial charge is 0.379 e. The predicted molar refractivity (Wildman–Crippen MR) is 76.0 cm³/mol. The standard InChI is InChI=1S/C14H16BrFN2/c1-2-8-18-9-6-11(7-10-18)17-14-12(15)4-3-5-13(14)16/h1,3-5,11,17H,6-10H2. The third-order valence-corrected chi connectivity index (χ3v) is 3.87. The zero-order valence-electron chi connectivity index (χ0n) is 10.1. The van der Waals surface area contributed by atoms with Gasteiger partial charge in [0.1, 0.15) is 5.82 Å². The van der Waals surface area contributed by atoms with Gasteiger partial charge in [0, 0.05) is 23.6 Å². The van der Waals surface area contributed by atoms with Crippen LogP contribution in [0.5, 0.6) is 0 Å². The molecule has 2 rings (SSSR count). The van der Waals surface area contributed by atoms with Crippen LogP contribution in [0.1, 0.15) is 12.8 Å². The second kappa shape index (κ2) is 6.21. The predicted octanol–water partition coefficient (Wildman–Crippen LogP) is 3.10. The number of benzene rings is 1. The van der Waals surface area contributed by atoms with Gasteiger partial charge in [-0.15, -0.1) is 6.42 Å². The molecule has 1 aliphatic rings. The molecule has 0 spiro atoms. The van der Waals surface area contributed by atoms with E-state index in [0.29, 0.717) is 18.3 Å². The van der Waals surface area contributed by atoms with Crippen LogP contribution in [-0.4, -0.2) is 30.6 Å². The van der Waals surface area contributed by atoms with Gasteiger partial charge in [-0.1, -0.05) is 12.0 Å². The van der Waals surface area contributed by atoms with Crippen LogP contribution in [0.25, 0.3) is 0 Å². The number of nitrogens with zero attached hydrogens (tertiary/aromatic N) is 1. The third kappa shape index (κ3) is 3.24. The van der Waals surface area contributed by atoms with Crippen LogP contribution >= 0.6 is 15.9 Å². The number of hydrogen-bond acceptors (Lipinski definition) is 2. The topological polar surface area (TPSA) is 15.3 Å². The summed E-state index contributed by atoms with van der Waals surface area (Å²) in [7, 11) is 0. The maximum absolute atomic E-state index is 13.7. The molecule has 2 nitrogen and oxygen atoms in total. The summed E-state index contributed by atoms with van der Waals surface area (Å²) in [5.41, 5.74) is 0.563. The van der Waals surface area contributed by atoms with Gasteiger partial charge in [-0.2, -0.15) is 0 Å². The van der Waals surface area contributed by atoms with Crippen molar-refractivity contribution in [2.24, 2.45) is 0 Å². The molecular weight excluding hydrogens is 295 g/mol. The van der Waals surface area contributed by atoms with Gasteiger partial charge in [-0.05, 0) is 40.9 Å². The van der Waals surface area contributed by atoms with E-state index in [2.05, 4.69) is 32.1 Å². The molecule has 18 heavy (non-hydrogen) atoms. The molecule has 1 fully saturated rings. The third-order valence-electron chi connectivity index (χ3n) is 3.21. The number of hydrogen-bond donors (Lipinski definition) is 1. The molecule has 0 aromatic heterocycles. The van der Waals surface area contributed by atoms with Gasteiger partial charge in [0.15, 0.2) is 0 Å². The summed E-state index contributed by atoms with van der Waals surface area (Å²) in [5.74, 6) is 2.45. The highest BCUT2D eigenvalue weighted by Crippen LogP contribution is 2.27. The summed E-state index contributed by atoms with van der Waals surface area (Å²) in [6.45, 7) is 2.64. The van der Waals surface area contributed by atoms with Gasteiger partial charge in [-0.3, -0.25) is 4.90 Å². The molecule has 0 radical (unpaired) electrons. The number of piperidine rings is 1. The summed E-state index contributed by atoms with van der Waals surface area (Å²) in [5, 5.41) is 3.28. The molecule has 1 aromatic rings. The summed E-state index contributed by atoms with van der Waals surface area (Å²) < 4.78 is 14.4. The van der Waals surface area contributed by atoms with E-state index in [1.807, 2.05) is 6.07 Å².